The summed E-state index contributed by atoms with van der Waals surface area (Å²) in [7, 11) is -12.2. The van der Waals surface area contributed by atoms with Crippen molar-refractivity contribution in [3.63, 3.8) is 0 Å². The first kappa shape index (κ1) is 33.8. The number of hydrogen-bond acceptors (Lipinski definition) is 6. The Morgan fingerprint density at radius 3 is 0.806 bits per heavy atom. The Balaban J connectivity index is 0.000000607. The van der Waals surface area contributed by atoms with Crippen LogP contribution in [0.3, 0.4) is 0 Å². The summed E-state index contributed by atoms with van der Waals surface area (Å²) in [5.74, 6) is 0. The van der Waals surface area contributed by atoms with Crippen molar-refractivity contribution < 1.29 is 52.3 Å². The summed E-state index contributed by atoms with van der Waals surface area (Å²) in [5, 5.41) is 0. The van der Waals surface area contributed by atoms with Crippen molar-refractivity contribution in [3.05, 3.63) is 91.0 Å². The van der Waals surface area contributed by atoms with Crippen molar-refractivity contribution in [2.75, 3.05) is 0 Å². The Morgan fingerprint density at radius 2 is 0.667 bits per heavy atom. The van der Waals surface area contributed by atoms with Gasteiger partial charge in [0.05, 0.1) is 10.9 Å². The van der Waals surface area contributed by atoms with Gasteiger partial charge in [0.2, 0.25) is 0 Å². The molecule has 3 aromatic carbocycles. The summed E-state index contributed by atoms with van der Waals surface area (Å²) < 4.78 is 118. The van der Waals surface area contributed by atoms with Crippen LogP contribution in [0.2, 0.25) is 0 Å². The maximum absolute atomic E-state index is 10.7. The van der Waals surface area contributed by atoms with Crippen molar-refractivity contribution in [2.45, 2.75) is 25.7 Å². The minimum atomic E-state index is -6.09. The van der Waals surface area contributed by atoms with E-state index >= 15 is 0 Å². The molecule has 0 aliphatic rings. The summed E-state index contributed by atoms with van der Waals surface area (Å²) in [6.07, 6.45) is 0. The van der Waals surface area contributed by atoms with Gasteiger partial charge in [0, 0.05) is 0 Å². The molecule has 0 saturated heterocycles. The van der Waals surface area contributed by atoms with Gasteiger partial charge in [-0.25, -0.2) is 16.8 Å². The monoisotopic (exact) mass is 596 g/mol. The minimum absolute atomic E-state index is 0. The zero-order valence-corrected chi connectivity index (χ0v) is 21.3. The van der Waals surface area contributed by atoms with Crippen LogP contribution in [-0.4, -0.2) is 37.0 Å². The highest BCUT2D eigenvalue weighted by molar-refractivity contribution is 7.97. The van der Waals surface area contributed by atoms with E-state index in [9.17, 15) is 26.3 Å². The number of hydrogen-bond donors (Lipinski definition) is 0. The van der Waals surface area contributed by atoms with Gasteiger partial charge in [0.15, 0.2) is 34.9 Å². The van der Waals surface area contributed by atoms with Gasteiger partial charge in [-0.15, -0.1) is 0 Å². The largest absolute Gasteiger partial charge is 0.741 e. The number of alkyl halides is 6. The van der Waals surface area contributed by atoms with Crippen molar-refractivity contribution >= 4 is 44.6 Å². The first-order valence-corrected chi connectivity index (χ1v) is 12.9. The van der Waals surface area contributed by atoms with Crippen LogP contribution in [0.15, 0.2) is 106 Å². The van der Waals surface area contributed by atoms with E-state index in [1.54, 1.807) is 0 Å². The molecule has 16 heteroatoms. The van der Waals surface area contributed by atoms with E-state index in [4.69, 9.17) is 25.9 Å². The van der Waals surface area contributed by atoms with Crippen LogP contribution >= 0.6 is 0 Å². The summed E-state index contributed by atoms with van der Waals surface area (Å²) in [6, 6.07) is 32.2. The van der Waals surface area contributed by atoms with E-state index in [0.29, 0.717) is 0 Å². The van der Waals surface area contributed by atoms with E-state index in [-0.39, 0.29) is 24.4 Å². The average Bonchev–Trinajstić information content (AvgIpc) is 2.74. The molecule has 0 amide bonds. The lowest BCUT2D eigenvalue weighted by atomic mass is 10.4. The van der Waals surface area contributed by atoms with E-state index in [0.717, 1.165) is 0 Å². The lowest BCUT2D eigenvalue weighted by molar-refractivity contribution is -0.0522. The van der Waals surface area contributed by atoms with Gasteiger partial charge >= 0.3 is 11.0 Å². The number of halogens is 6. The highest BCUT2D eigenvalue weighted by Gasteiger charge is 2.37. The molecule has 0 N–H and O–H groups in total. The topological polar surface area (TPSA) is 114 Å². The molecular weight excluding hydrogens is 578 g/mol. The van der Waals surface area contributed by atoms with Gasteiger partial charge in [-0.2, -0.15) is 26.3 Å². The zero-order chi connectivity index (χ0) is 26.9. The molecule has 0 unspecified atom stereocenters. The molecule has 3 rings (SSSR count). The first-order chi connectivity index (χ1) is 15.9. The van der Waals surface area contributed by atoms with E-state index in [1.807, 2.05) is 0 Å². The predicted octanol–water partition coefficient (Wildman–Crippen LogP) is 4.08. The average molecular weight is 597 g/mol. The maximum atomic E-state index is 10.7. The van der Waals surface area contributed by atoms with Crippen LogP contribution in [0.1, 0.15) is 0 Å². The third-order valence-corrected chi connectivity index (χ3v) is 6.87. The van der Waals surface area contributed by atoms with Gasteiger partial charge in [0.25, 0.3) is 0 Å². The molecule has 0 aromatic heterocycles. The first-order valence-electron chi connectivity index (χ1n) is 8.89. The van der Waals surface area contributed by atoms with Gasteiger partial charge in [-0.05, 0) is 36.4 Å². The molecule has 0 saturated carbocycles. The second-order valence-corrected chi connectivity index (χ2v) is 10.8. The van der Waals surface area contributed by atoms with Crippen molar-refractivity contribution in [1.82, 2.24) is 0 Å². The standard InChI is InChI=1S/C18H15S.2CHF3O3S.H2S/c1-4-10-16(11-5-1)19(17-12-6-2-7-13-17)18-14-8-3-9-15-18;2*2-1(3,4)8(5,6)7;/h1-15H;2*(H,5,6,7);1H2/q+1;;;/p-1. The molecule has 36 heavy (non-hydrogen) atoms. The molecule has 0 heterocycles. The van der Waals surface area contributed by atoms with E-state index < -0.39 is 31.3 Å². The maximum Gasteiger partial charge on any atom is 0.485 e. The summed E-state index contributed by atoms with van der Waals surface area (Å²) in [4.78, 5) is 4.08. The van der Waals surface area contributed by atoms with Gasteiger partial charge in [-0.1, -0.05) is 68.1 Å². The Labute approximate surface area is 213 Å². The van der Waals surface area contributed by atoms with E-state index in [2.05, 4.69) is 91.0 Å². The molecule has 200 valence electrons. The fraction of sp³-hybridized carbons (Fsp3) is 0.100. The Morgan fingerprint density at radius 1 is 0.500 bits per heavy atom. The molecule has 0 aliphatic carbocycles. The smallest absolute Gasteiger partial charge is 0.485 e. The molecule has 0 spiro atoms. The van der Waals surface area contributed by atoms with Crippen LogP contribution < -0.4 is 0 Å². The van der Waals surface area contributed by atoms with Crippen LogP contribution in [-0.2, 0) is 44.6 Å². The van der Waals surface area contributed by atoms with E-state index in [1.165, 1.54) is 14.7 Å². The third-order valence-electron chi connectivity index (χ3n) is 3.50. The molecular formula is C20H18F6O6S4. The molecule has 0 atom stereocenters. The van der Waals surface area contributed by atoms with Gasteiger partial charge in [-0.3, -0.25) is 0 Å². The molecule has 0 radical (unpaired) electrons. The Kier molecular flexibility index (Phi) is 13.0. The van der Waals surface area contributed by atoms with Crippen LogP contribution in [0.25, 0.3) is 0 Å². The fourth-order valence-electron chi connectivity index (χ4n) is 2.08. The highest BCUT2D eigenvalue weighted by atomic mass is 32.2. The second kappa shape index (κ2) is 13.9. The lowest BCUT2D eigenvalue weighted by Gasteiger charge is -2.08. The van der Waals surface area contributed by atoms with Crippen molar-refractivity contribution in [1.29, 1.82) is 0 Å². The summed E-state index contributed by atoms with van der Waals surface area (Å²) in [5.41, 5.74) is -11.3. The highest BCUT2D eigenvalue weighted by Crippen LogP contribution is 2.30. The van der Waals surface area contributed by atoms with Crippen molar-refractivity contribution in [3.8, 4) is 0 Å². The molecule has 0 bridgehead atoms. The molecule has 3 aromatic rings. The van der Waals surface area contributed by atoms with Crippen molar-refractivity contribution in [2.24, 2.45) is 0 Å². The molecule has 0 fully saturated rings. The minimum Gasteiger partial charge on any atom is -0.741 e. The SMILES string of the molecule is O=S(=O)([O-])C(F)(F)F.O=S(=O)([O-])C(F)(F)F.[SH3+].c1ccc([S+](c2ccccc2)c2ccccc2)cc1. The predicted molar refractivity (Wildman–Crippen MR) is 125 cm³/mol. The Hall–Kier alpha value is -2.24. The van der Waals surface area contributed by atoms with Crippen LogP contribution in [0.4, 0.5) is 26.3 Å². The normalized spacial score (nSPS) is 11.8. The Bertz CT molecular complexity index is 1120. The quantitative estimate of drug-likeness (QED) is 0.195. The van der Waals surface area contributed by atoms with Gasteiger partial charge < -0.3 is 9.11 Å². The number of benzene rings is 3. The molecule has 0 aliphatic heterocycles. The zero-order valence-electron chi connectivity index (χ0n) is 17.7. The summed E-state index contributed by atoms with van der Waals surface area (Å²) >= 11 is 0. The number of rotatable bonds is 3. The summed E-state index contributed by atoms with van der Waals surface area (Å²) in [6.45, 7) is 0. The molecule has 6 nitrogen and oxygen atoms in total. The second-order valence-electron chi connectivity index (χ2n) is 6.05. The van der Waals surface area contributed by atoms with Crippen LogP contribution in [0, 0.1) is 0 Å². The third kappa shape index (κ3) is 11.2. The van der Waals surface area contributed by atoms with Gasteiger partial charge in [0.1, 0.15) is 0 Å². The lowest BCUT2D eigenvalue weighted by Crippen LogP contribution is -2.21. The fourth-order valence-corrected chi connectivity index (χ4v) is 4.18. The van der Waals surface area contributed by atoms with Crippen LogP contribution in [0.5, 0.6) is 0 Å².